The van der Waals surface area contributed by atoms with Crippen LogP contribution in [0.4, 0.5) is 13.2 Å². The quantitative estimate of drug-likeness (QED) is 0.849. The van der Waals surface area contributed by atoms with Gasteiger partial charge in [-0.05, 0) is 11.6 Å². The van der Waals surface area contributed by atoms with E-state index in [1.54, 1.807) is 0 Å². The van der Waals surface area contributed by atoms with Gasteiger partial charge in [-0.1, -0.05) is 0 Å². The zero-order valence-corrected chi connectivity index (χ0v) is 8.98. The molecule has 0 aliphatic carbocycles. The van der Waals surface area contributed by atoms with E-state index in [1.165, 1.54) is 0 Å². The topological polar surface area (TPSA) is 68.4 Å². The SMILES string of the molecule is COc1[nH]c(OC(F)(F)F)cc(=O)c1C(=O)Cl. The summed E-state index contributed by atoms with van der Waals surface area (Å²) < 4.78 is 43.7. The molecule has 0 unspecified atom stereocenters. The van der Waals surface area contributed by atoms with Crippen molar-refractivity contribution in [1.82, 2.24) is 4.98 Å². The van der Waals surface area contributed by atoms with E-state index in [2.05, 4.69) is 9.47 Å². The third-order valence-electron chi connectivity index (χ3n) is 1.60. The monoisotopic (exact) mass is 271 g/mol. The Kier molecular flexibility index (Phi) is 3.66. The number of carbonyl (C=O) groups excluding carboxylic acids is 1. The Morgan fingerprint density at radius 2 is 2.06 bits per heavy atom. The minimum absolute atomic E-state index is 0.450. The maximum Gasteiger partial charge on any atom is 0.574 e. The molecule has 1 N–H and O–H groups in total. The lowest BCUT2D eigenvalue weighted by molar-refractivity contribution is -0.276. The van der Waals surface area contributed by atoms with Gasteiger partial charge in [0.1, 0.15) is 5.56 Å². The number of hydrogen-bond acceptors (Lipinski definition) is 4. The number of pyridine rings is 1. The number of aromatic nitrogens is 1. The van der Waals surface area contributed by atoms with Crippen LogP contribution < -0.4 is 14.9 Å². The van der Waals surface area contributed by atoms with E-state index < -0.39 is 34.4 Å². The van der Waals surface area contributed by atoms with Gasteiger partial charge in [-0.25, -0.2) is 0 Å². The average Bonchev–Trinajstić information content (AvgIpc) is 2.12. The highest BCUT2D eigenvalue weighted by Crippen LogP contribution is 2.23. The first kappa shape index (κ1) is 13.4. The van der Waals surface area contributed by atoms with Gasteiger partial charge in [0.05, 0.1) is 7.11 Å². The summed E-state index contributed by atoms with van der Waals surface area (Å²) in [6.45, 7) is 0. The predicted molar refractivity (Wildman–Crippen MR) is 50.5 cm³/mol. The lowest BCUT2D eigenvalue weighted by atomic mass is 10.3. The van der Waals surface area contributed by atoms with Gasteiger partial charge in [-0.2, -0.15) is 0 Å². The van der Waals surface area contributed by atoms with Crippen LogP contribution in [-0.4, -0.2) is 23.7 Å². The van der Waals surface area contributed by atoms with Crippen molar-refractivity contribution in [3.8, 4) is 11.8 Å². The van der Waals surface area contributed by atoms with Crippen LogP contribution in [-0.2, 0) is 0 Å². The fourth-order valence-electron chi connectivity index (χ4n) is 1.03. The second-order valence-corrected chi connectivity index (χ2v) is 3.07. The van der Waals surface area contributed by atoms with Gasteiger partial charge in [0.2, 0.25) is 17.2 Å². The van der Waals surface area contributed by atoms with Crippen LogP contribution >= 0.6 is 11.6 Å². The van der Waals surface area contributed by atoms with Crippen molar-refractivity contribution in [3.63, 3.8) is 0 Å². The largest absolute Gasteiger partial charge is 0.574 e. The maximum absolute atomic E-state index is 11.9. The second kappa shape index (κ2) is 4.66. The summed E-state index contributed by atoms with van der Waals surface area (Å²) in [5.74, 6) is -1.40. The number of carbonyl (C=O) groups is 1. The second-order valence-electron chi connectivity index (χ2n) is 2.73. The number of aromatic amines is 1. The zero-order chi connectivity index (χ0) is 13.2. The number of alkyl halides is 3. The van der Waals surface area contributed by atoms with Gasteiger partial charge in [0.25, 0.3) is 5.24 Å². The Hall–Kier alpha value is -1.70. The Labute approximate surface area is 97.1 Å². The standard InChI is InChI=1S/C8H5ClF3NO4/c1-16-7-5(6(9)15)3(14)2-4(13-7)17-8(10,11)12/h2H,1H3,(H,13,14). The van der Waals surface area contributed by atoms with Gasteiger partial charge >= 0.3 is 6.36 Å². The number of methoxy groups -OCH3 is 1. The molecule has 0 aliphatic heterocycles. The van der Waals surface area contributed by atoms with E-state index in [9.17, 15) is 22.8 Å². The van der Waals surface area contributed by atoms with Crippen LogP contribution in [0.5, 0.6) is 11.8 Å². The van der Waals surface area contributed by atoms with Gasteiger partial charge < -0.3 is 9.47 Å². The zero-order valence-electron chi connectivity index (χ0n) is 8.22. The summed E-state index contributed by atoms with van der Waals surface area (Å²) in [5.41, 5.74) is -1.64. The molecule has 0 saturated carbocycles. The molecule has 0 aromatic carbocycles. The summed E-state index contributed by atoms with van der Waals surface area (Å²) in [6, 6.07) is 0.450. The third-order valence-corrected chi connectivity index (χ3v) is 1.79. The van der Waals surface area contributed by atoms with Crippen molar-refractivity contribution < 1.29 is 27.4 Å². The van der Waals surface area contributed by atoms with E-state index in [1.807, 2.05) is 4.98 Å². The predicted octanol–water partition coefficient (Wildman–Crippen LogP) is 1.66. The van der Waals surface area contributed by atoms with Crippen molar-refractivity contribution in [2.24, 2.45) is 0 Å². The molecule has 0 radical (unpaired) electrons. The van der Waals surface area contributed by atoms with Gasteiger partial charge in [0.15, 0.2) is 0 Å². The molecule has 0 atom stereocenters. The summed E-state index contributed by atoms with van der Waals surface area (Å²) in [5, 5.41) is -1.15. The molecule has 0 amide bonds. The molecule has 0 spiro atoms. The van der Waals surface area contributed by atoms with E-state index in [4.69, 9.17) is 11.6 Å². The lowest BCUT2D eigenvalue weighted by Gasteiger charge is -2.10. The van der Waals surface area contributed by atoms with Crippen molar-refractivity contribution in [3.05, 3.63) is 21.9 Å². The lowest BCUT2D eigenvalue weighted by Crippen LogP contribution is -2.21. The van der Waals surface area contributed by atoms with Gasteiger partial charge in [-0.3, -0.25) is 14.6 Å². The van der Waals surface area contributed by atoms with E-state index in [0.717, 1.165) is 7.11 Å². The van der Waals surface area contributed by atoms with Gasteiger partial charge in [-0.15, -0.1) is 13.2 Å². The summed E-state index contributed by atoms with van der Waals surface area (Å²) in [4.78, 5) is 24.1. The minimum atomic E-state index is -4.97. The number of halogens is 4. The first-order valence-electron chi connectivity index (χ1n) is 4.01. The molecule has 5 nitrogen and oxygen atoms in total. The van der Waals surface area contributed by atoms with Crippen molar-refractivity contribution in [1.29, 1.82) is 0 Å². The summed E-state index contributed by atoms with van der Waals surface area (Å²) >= 11 is 5.08. The molecular formula is C8H5ClF3NO4. The number of nitrogens with one attached hydrogen (secondary N) is 1. The van der Waals surface area contributed by atoms with Crippen LogP contribution in [0, 0.1) is 0 Å². The molecule has 94 valence electrons. The smallest absolute Gasteiger partial charge is 0.482 e. The van der Waals surface area contributed by atoms with Crippen molar-refractivity contribution in [2.75, 3.05) is 7.11 Å². The number of rotatable bonds is 3. The normalized spacial score (nSPS) is 11.1. The molecule has 0 saturated heterocycles. The minimum Gasteiger partial charge on any atom is -0.482 e. The molecule has 0 bridgehead atoms. The molecule has 0 fully saturated rings. The van der Waals surface area contributed by atoms with Crippen LogP contribution in [0.2, 0.25) is 0 Å². The van der Waals surface area contributed by atoms with Gasteiger partial charge in [0, 0.05) is 6.07 Å². The Morgan fingerprint density at radius 3 is 2.47 bits per heavy atom. The molecule has 1 aromatic rings. The molecule has 1 heterocycles. The number of ether oxygens (including phenoxy) is 2. The molecule has 9 heteroatoms. The molecule has 0 aliphatic rings. The summed E-state index contributed by atoms with van der Waals surface area (Å²) in [7, 11) is 1.05. The Bertz CT molecular complexity index is 497. The highest BCUT2D eigenvalue weighted by Gasteiger charge is 2.32. The highest BCUT2D eigenvalue weighted by atomic mass is 35.5. The van der Waals surface area contributed by atoms with E-state index in [0.29, 0.717) is 6.07 Å². The van der Waals surface area contributed by atoms with Crippen LogP contribution in [0.1, 0.15) is 10.4 Å². The third kappa shape index (κ3) is 3.38. The van der Waals surface area contributed by atoms with Crippen LogP contribution in [0.3, 0.4) is 0 Å². The van der Waals surface area contributed by atoms with Crippen LogP contribution in [0.15, 0.2) is 10.9 Å². The molecular weight excluding hydrogens is 267 g/mol. The molecule has 1 aromatic heterocycles. The van der Waals surface area contributed by atoms with Crippen molar-refractivity contribution in [2.45, 2.75) is 6.36 Å². The number of H-pyrrole nitrogens is 1. The van der Waals surface area contributed by atoms with E-state index in [-0.39, 0.29) is 0 Å². The Morgan fingerprint density at radius 1 is 1.47 bits per heavy atom. The molecule has 17 heavy (non-hydrogen) atoms. The fraction of sp³-hybridized carbons (Fsp3) is 0.250. The maximum atomic E-state index is 11.9. The average molecular weight is 272 g/mol. The fourth-order valence-corrected chi connectivity index (χ4v) is 1.21. The van der Waals surface area contributed by atoms with Crippen molar-refractivity contribution >= 4 is 16.8 Å². The van der Waals surface area contributed by atoms with E-state index >= 15 is 0 Å². The summed E-state index contributed by atoms with van der Waals surface area (Å²) in [6.07, 6.45) is -4.97. The first-order valence-corrected chi connectivity index (χ1v) is 4.39. The Balaban J connectivity index is 3.28. The highest BCUT2D eigenvalue weighted by molar-refractivity contribution is 6.68. The number of hydrogen-bond donors (Lipinski definition) is 1. The molecule has 1 rings (SSSR count). The van der Waals surface area contributed by atoms with Crippen LogP contribution in [0.25, 0.3) is 0 Å². The first-order chi connectivity index (χ1) is 7.74.